The Hall–Kier alpha value is -1.00. The molecule has 0 bridgehead atoms. The number of fused-ring (bicyclic) bond motifs is 1. The fourth-order valence-corrected chi connectivity index (χ4v) is 1.79. The number of alkyl halides is 1. The van der Waals surface area contributed by atoms with Crippen molar-refractivity contribution in [3.63, 3.8) is 0 Å². The number of hydrogen-bond acceptors (Lipinski definition) is 1. The Kier molecular flexibility index (Phi) is 2.52. The van der Waals surface area contributed by atoms with Crippen LogP contribution in [0.4, 0.5) is 0 Å². The Morgan fingerprint density at radius 3 is 3.38 bits per heavy atom. The quantitative estimate of drug-likeness (QED) is 0.453. The van der Waals surface area contributed by atoms with Gasteiger partial charge in [-0.2, -0.15) is 0 Å². The molecule has 0 N–H and O–H groups in total. The van der Waals surface area contributed by atoms with E-state index in [1.165, 1.54) is 5.56 Å². The van der Waals surface area contributed by atoms with E-state index in [2.05, 4.69) is 22.9 Å². The van der Waals surface area contributed by atoms with Crippen LogP contribution in [0.2, 0.25) is 0 Å². The molecule has 0 saturated carbocycles. The Balaban J connectivity index is 2.28. The molecule has 1 nitrogen and oxygen atoms in total. The second-order valence-electron chi connectivity index (χ2n) is 3.09. The number of halogens is 1. The molecule has 1 aliphatic carbocycles. The van der Waals surface area contributed by atoms with Gasteiger partial charge in [-0.15, -0.1) is 11.6 Å². The lowest BCUT2D eigenvalue weighted by Gasteiger charge is -2.00. The van der Waals surface area contributed by atoms with E-state index in [0.29, 0.717) is 11.8 Å². The molecule has 0 spiro atoms. The molecule has 1 aromatic heterocycles. The normalized spacial score (nSPS) is 19.0. The summed E-state index contributed by atoms with van der Waals surface area (Å²) in [6.07, 6.45) is 4.03. The van der Waals surface area contributed by atoms with Crippen LogP contribution in [0.15, 0.2) is 18.3 Å². The van der Waals surface area contributed by atoms with Gasteiger partial charge in [-0.25, -0.2) is 0 Å². The molecule has 1 atom stereocenters. The molecule has 66 valence electrons. The lowest BCUT2D eigenvalue weighted by molar-refractivity contribution is 0.820. The van der Waals surface area contributed by atoms with Gasteiger partial charge < -0.3 is 0 Å². The lowest BCUT2D eigenvalue weighted by atomic mass is 10.1. The predicted octanol–water partition coefficient (Wildman–Crippen LogP) is 2.35. The van der Waals surface area contributed by atoms with Gasteiger partial charge in [0.1, 0.15) is 0 Å². The van der Waals surface area contributed by atoms with Crippen molar-refractivity contribution in [2.45, 2.75) is 18.8 Å². The molecular formula is C11H10ClN. The average molecular weight is 192 g/mol. The first-order valence-electron chi connectivity index (χ1n) is 4.40. The molecule has 0 amide bonds. The topological polar surface area (TPSA) is 12.9 Å². The third kappa shape index (κ3) is 1.68. The third-order valence-electron chi connectivity index (χ3n) is 2.30. The Bertz CT molecular complexity index is 362. The maximum absolute atomic E-state index is 5.51. The van der Waals surface area contributed by atoms with Crippen LogP contribution in [0.3, 0.4) is 0 Å². The van der Waals surface area contributed by atoms with Gasteiger partial charge in [-0.1, -0.05) is 17.9 Å². The van der Waals surface area contributed by atoms with Crippen molar-refractivity contribution in [1.29, 1.82) is 0 Å². The summed E-state index contributed by atoms with van der Waals surface area (Å²) in [6.45, 7) is 0. The van der Waals surface area contributed by atoms with Crippen molar-refractivity contribution in [1.82, 2.24) is 4.98 Å². The maximum atomic E-state index is 5.51. The van der Waals surface area contributed by atoms with E-state index in [1.54, 1.807) is 0 Å². The molecule has 2 rings (SSSR count). The number of rotatable bonds is 0. The Morgan fingerprint density at radius 1 is 1.62 bits per heavy atom. The highest BCUT2D eigenvalue weighted by Crippen LogP contribution is 2.30. The number of aromatic nitrogens is 1. The molecule has 0 aliphatic heterocycles. The van der Waals surface area contributed by atoms with Gasteiger partial charge >= 0.3 is 0 Å². The van der Waals surface area contributed by atoms with Crippen molar-refractivity contribution >= 4 is 11.6 Å². The summed E-state index contributed by atoms with van der Waals surface area (Å²) in [4.78, 5) is 4.35. The van der Waals surface area contributed by atoms with E-state index in [0.717, 1.165) is 18.5 Å². The van der Waals surface area contributed by atoms with E-state index in [1.807, 2.05) is 12.3 Å². The molecule has 0 fully saturated rings. The number of pyridine rings is 1. The third-order valence-corrected chi connectivity index (χ3v) is 2.44. The first-order valence-corrected chi connectivity index (χ1v) is 4.93. The van der Waals surface area contributed by atoms with E-state index >= 15 is 0 Å². The molecule has 1 heterocycles. The average Bonchev–Trinajstić information content (AvgIpc) is 2.58. The zero-order chi connectivity index (χ0) is 9.10. The highest BCUT2D eigenvalue weighted by Gasteiger charge is 2.21. The van der Waals surface area contributed by atoms with E-state index in [-0.39, 0.29) is 0 Å². The summed E-state index contributed by atoms with van der Waals surface area (Å²) in [5.74, 6) is 6.78. The molecule has 2 heteroatoms. The first-order chi connectivity index (χ1) is 6.42. The van der Waals surface area contributed by atoms with Gasteiger partial charge in [0.2, 0.25) is 0 Å². The largest absolute Gasteiger partial charge is 0.260 e. The standard InChI is InChI=1S/C11H10ClN/c12-7-1-3-9-5-6-10-4-2-8-13-11(9)10/h2,4,8-9H,5-7H2. The SMILES string of the molecule is ClCC#CC1CCc2cccnc21. The molecule has 0 aromatic carbocycles. The summed E-state index contributed by atoms with van der Waals surface area (Å²) in [7, 11) is 0. The highest BCUT2D eigenvalue weighted by molar-refractivity contribution is 6.19. The van der Waals surface area contributed by atoms with Crippen LogP contribution in [0.1, 0.15) is 23.6 Å². The fraction of sp³-hybridized carbons (Fsp3) is 0.364. The summed E-state index contributed by atoms with van der Waals surface area (Å²) < 4.78 is 0. The van der Waals surface area contributed by atoms with Gasteiger partial charge in [-0.05, 0) is 24.5 Å². The Morgan fingerprint density at radius 2 is 2.54 bits per heavy atom. The monoisotopic (exact) mass is 191 g/mol. The number of hydrogen-bond donors (Lipinski definition) is 0. The van der Waals surface area contributed by atoms with Crippen LogP contribution < -0.4 is 0 Å². The zero-order valence-corrected chi connectivity index (χ0v) is 8.01. The maximum Gasteiger partial charge on any atom is 0.0835 e. The summed E-state index contributed by atoms with van der Waals surface area (Å²) in [5.41, 5.74) is 2.50. The fourth-order valence-electron chi connectivity index (χ4n) is 1.71. The minimum atomic E-state index is 0.315. The molecule has 0 saturated heterocycles. The van der Waals surface area contributed by atoms with Gasteiger partial charge in [-0.3, -0.25) is 4.98 Å². The van der Waals surface area contributed by atoms with Crippen LogP contribution in [0.25, 0.3) is 0 Å². The number of nitrogens with zero attached hydrogens (tertiary/aromatic N) is 1. The highest BCUT2D eigenvalue weighted by atomic mass is 35.5. The van der Waals surface area contributed by atoms with E-state index in [9.17, 15) is 0 Å². The van der Waals surface area contributed by atoms with Crippen LogP contribution in [-0.4, -0.2) is 10.9 Å². The van der Waals surface area contributed by atoms with Crippen molar-refractivity contribution < 1.29 is 0 Å². The molecule has 1 aliphatic rings. The van der Waals surface area contributed by atoms with E-state index < -0.39 is 0 Å². The second kappa shape index (κ2) is 3.81. The summed E-state index contributed by atoms with van der Waals surface area (Å²) in [5, 5.41) is 0. The zero-order valence-electron chi connectivity index (χ0n) is 7.26. The smallest absolute Gasteiger partial charge is 0.0835 e. The van der Waals surface area contributed by atoms with Gasteiger partial charge in [0.05, 0.1) is 17.5 Å². The van der Waals surface area contributed by atoms with Crippen molar-refractivity contribution in [3.05, 3.63) is 29.6 Å². The second-order valence-corrected chi connectivity index (χ2v) is 3.36. The van der Waals surface area contributed by atoms with Crippen LogP contribution in [0, 0.1) is 11.8 Å². The van der Waals surface area contributed by atoms with Gasteiger partial charge in [0.15, 0.2) is 0 Å². The first kappa shape index (κ1) is 8.59. The molecule has 1 unspecified atom stereocenters. The molecular weight excluding hydrogens is 182 g/mol. The lowest BCUT2D eigenvalue weighted by Crippen LogP contribution is -1.92. The molecule has 13 heavy (non-hydrogen) atoms. The van der Waals surface area contributed by atoms with Crippen LogP contribution in [-0.2, 0) is 6.42 Å². The number of aryl methyl sites for hydroxylation is 1. The van der Waals surface area contributed by atoms with Crippen LogP contribution in [0.5, 0.6) is 0 Å². The molecule has 0 radical (unpaired) electrons. The van der Waals surface area contributed by atoms with Crippen molar-refractivity contribution in [2.75, 3.05) is 5.88 Å². The van der Waals surface area contributed by atoms with Crippen molar-refractivity contribution in [3.8, 4) is 11.8 Å². The predicted molar refractivity (Wildman–Crippen MR) is 53.8 cm³/mol. The van der Waals surface area contributed by atoms with E-state index in [4.69, 9.17) is 11.6 Å². The molecule has 1 aromatic rings. The minimum absolute atomic E-state index is 0.315. The summed E-state index contributed by atoms with van der Waals surface area (Å²) in [6, 6.07) is 4.11. The van der Waals surface area contributed by atoms with Crippen LogP contribution >= 0.6 is 11.6 Å². The summed E-state index contributed by atoms with van der Waals surface area (Å²) >= 11 is 5.51. The Labute approximate surface area is 83.1 Å². The minimum Gasteiger partial charge on any atom is -0.260 e. The van der Waals surface area contributed by atoms with Gasteiger partial charge in [0, 0.05) is 6.20 Å². The van der Waals surface area contributed by atoms with Gasteiger partial charge in [0.25, 0.3) is 0 Å². The van der Waals surface area contributed by atoms with Crippen molar-refractivity contribution in [2.24, 2.45) is 0 Å².